The molecular formula is C22H30. The lowest BCUT2D eigenvalue weighted by molar-refractivity contribution is 0.662. The smallest absolute Gasteiger partial charge is 0.0278 e. The van der Waals surface area contributed by atoms with Crippen LogP contribution in [0.15, 0.2) is 12.1 Å². The van der Waals surface area contributed by atoms with E-state index in [2.05, 4.69) is 37.8 Å². The van der Waals surface area contributed by atoms with Crippen LogP contribution in [-0.2, 0) is 12.8 Å². The predicted octanol–water partition coefficient (Wildman–Crippen LogP) is 5.89. The standard InChI is InChI=1S/C22H30/c1-5-9-11-13-15-21-17-20(8-4)22(18-19(21)7-3)16-14-12-10-6-2/h3-4,17-18H,5-6,9-16H2,1-2H3. The summed E-state index contributed by atoms with van der Waals surface area (Å²) in [5.74, 6) is 5.72. The first-order valence-electron chi connectivity index (χ1n) is 8.85. The first-order valence-corrected chi connectivity index (χ1v) is 8.85. The molecule has 0 aliphatic carbocycles. The van der Waals surface area contributed by atoms with E-state index < -0.39 is 0 Å². The summed E-state index contributed by atoms with van der Waals surface area (Å²) in [6, 6.07) is 4.33. The first kappa shape index (κ1) is 18.4. The topological polar surface area (TPSA) is 0 Å². The van der Waals surface area contributed by atoms with Crippen molar-refractivity contribution in [2.24, 2.45) is 0 Å². The van der Waals surface area contributed by atoms with E-state index in [0.29, 0.717) is 0 Å². The summed E-state index contributed by atoms with van der Waals surface area (Å²) < 4.78 is 0. The second kappa shape index (κ2) is 11.0. The Hall–Kier alpha value is -1.66. The van der Waals surface area contributed by atoms with Crippen molar-refractivity contribution >= 4 is 0 Å². The number of aryl methyl sites for hydroxylation is 2. The molecule has 118 valence electrons. The Morgan fingerprint density at radius 1 is 0.682 bits per heavy atom. The molecule has 0 saturated carbocycles. The number of rotatable bonds is 10. The molecule has 0 radical (unpaired) electrons. The minimum atomic E-state index is 1.04. The number of unbranched alkanes of at least 4 members (excludes halogenated alkanes) is 6. The van der Waals surface area contributed by atoms with Gasteiger partial charge in [-0.2, -0.15) is 0 Å². The number of hydrogen-bond donors (Lipinski definition) is 0. The average molecular weight is 294 g/mol. The van der Waals surface area contributed by atoms with Gasteiger partial charge in [0.25, 0.3) is 0 Å². The Morgan fingerprint density at radius 2 is 1.09 bits per heavy atom. The predicted molar refractivity (Wildman–Crippen MR) is 98.0 cm³/mol. The van der Waals surface area contributed by atoms with Crippen LogP contribution in [0.25, 0.3) is 0 Å². The molecule has 0 aliphatic heterocycles. The van der Waals surface area contributed by atoms with Crippen molar-refractivity contribution in [3.8, 4) is 24.7 Å². The van der Waals surface area contributed by atoms with E-state index in [9.17, 15) is 0 Å². The van der Waals surface area contributed by atoms with Gasteiger partial charge < -0.3 is 0 Å². The van der Waals surface area contributed by atoms with Crippen molar-refractivity contribution in [3.63, 3.8) is 0 Å². The third kappa shape index (κ3) is 5.99. The van der Waals surface area contributed by atoms with Gasteiger partial charge in [-0.15, -0.1) is 12.8 Å². The number of benzene rings is 1. The maximum Gasteiger partial charge on any atom is 0.0278 e. The van der Waals surface area contributed by atoms with Crippen LogP contribution in [0.5, 0.6) is 0 Å². The van der Waals surface area contributed by atoms with Crippen molar-refractivity contribution in [2.45, 2.75) is 78.1 Å². The van der Waals surface area contributed by atoms with Crippen LogP contribution in [0.3, 0.4) is 0 Å². The summed E-state index contributed by atoms with van der Waals surface area (Å²) >= 11 is 0. The zero-order valence-electron chi connectivity index (χ0n) is 14.4. The second-order valence-electron chi connectivity index (χ2n) is 6.08. The van der Waals surface area contributed by atoms with Crippen LogP contribution in [0.2, 0.25) is 0 Å². The normalized spacial score (nSPS) is 10.2. The summed E-state index contributed by atoms with van der Waals surface area (Å²) in [7, 11) is 0. The summed E-state index contributed by atoms with van der Waals surface area (Å²) in [6.07, 6.45) is 23.6. The number of hydrogen-bond acceptors (Lipinski definition) is 0. The van der Waals surface area contributed by atoms with Crippen molar-refractivity contribution in [1.29, 1.82) is 0 Å². The van der Waals surface area contributed by atoms with Gasteiger partial charge >= 0.3 is 0 Å². The fourth-order valence-electron chi connectivity index (χ4n) is 2.86. The van der Waals surface area contributed by atoms with E-state index in [1.165, 1.54) is 62.5 Å². The van der Waals surface area contributed by atoms with E-state index in [1.54, 1.807) is 0 Å². The Kier molecular flexibility index (Phi) is 9.18. The van der Waals surface area contributed by atoms with Crippen molar-refractivity contribution in [3.05, 3.63) is 34.4 Å². The molecule has 0 heteroatoms. The van der Waals surface area contributed by atoms with Gasteiger partial charge in [-0.1, -0.05) is 64.2 Å². The molecule has 0 fully saturated rings. The molecule has 0 amide bonds. The molecule has 1 aromatic rings. The van der Waals surface area contributed by atoms with E-state index in [0.717, 1.165) is 24.0 Å². The van der Waals surface area contributed by atoms with Gasteiger partial charge in [0.2, 0.25) is 0 Å². The van der Waals surface area contributed by atoms with Crippen LogP contribution < -0.4 is 0 Å². The molecule has 0 bridgehead atoms. The highest BCUT2D eigenvalue weighted by atomic mass is 14.1. The highest BCUT2D eigenvalue weighted by molar-refractivity contribution is 5.51. The van der Waals surface area contributed by atoms with Crippen molar-refractivity contribution < 1.29 is 0 Å². The van der Waals surface area contributed by atoms with Gasteiger partial charge in [-0.05, 0) is 48.9 Å². The van der Waals surface area contributed by atoms with Gasteiger partial charge in [0, 0.05) is 11.1 Å². The van der Waals surface area contributed by atoms with Gasteiger partial charge in [-0.3, -0.25) is 0 Å². The summed E-state index contributed by atoms with van der Waals surface area (Å²) in [5, 5.41) is 0. The molecule has 1 rings (SSSR count). The third-order valence-electron chi connectivity index (χ3n) is 4.24. The molecular weight excluding hydrogens is 264 g/mol. The molecule has 0 heterocycles. The molecule has 0 N–H and O–H groups in total. The monoisotopic (exact) mass is 294 g/mol. The first-order chi connectivity index (χ1) is 10.8. The summed E-state index contributed by atoms with van der Waals surface area (Å²) in [4.78, 5) is 0. The maximum atomic E-state index is 5.72. The van der Waals surface area contributed by atoms with Gasteiger partial charge in [0.1, 0.15) is 0 Å². The minimum absolute atomic E-state index is 1.04. The quantitative estimate of drug-likeness (QED) is 0.372. The lowest BCUT2D eigenvalue weighted by atomic mass is 9.92. The van der Waals surface area contributed by atoms with Crippen molar-refractivity contribution in [2.75, 3.05) is 0 Å². The molecule has 0 spiro atoms. The van der Waals surface area contributed by atoms with Crippen LogP contribution in [0.1, 0.15) is 87.5 Å². The molecule has 0 aromatic heterocycles. The number of terminal acetylenes is 2. The Labute approximate surface area is 137 Å². The van der Waals surface area contributed by atoms with Gasteiger partial charge in [0.15, 0.2) is 0 Å². The van der Waals surface area contributed by atoms with Crippen LogP contribution in [0, 0.1) is 24.7 Å². The van der Waals surface area contributed by atoms with Gasteiger partial charge in [0.05, 0.1) is 0 Å². The molecule has 1 aromatic carbocycles. The fourth-order valence-corrected chi connectivity index (χ4v) is 2.86. The largest absolute Gasteiger partial charge is 0.115 e. The minimum Gasteiger partial charge on any atom is -0.115 e. The Morgan fingerprint density at radius 3 is 1.41 bits per heavy atom. The molecule has 0 nitrogen and oxygen atoms in total. The van der Waals surface area contributed by atoms with E-state index in [-0.39, 0.29) is 0 Å². The highest BCUT2D eigenvalue weighted by Gasteiger charge is 2.08. The molecule has 22 heavy (non-hydrogen) atoms. The Bertz CT molecular complexity index is 472. The second-order valence-corrected chi connectivity index (χ2v) is 6.08. The summed E-state index contributed by atoms with van der Waals surface area (Å²) in [6.45, 7) is 4.47. The molecule has 0 saturated heterocycles. The maximum absolute atomic E-state index is 5.72. The lowest BCUT2D eigenvalue weighted by Crippen LogP contribution is -1.98. The summed E-state index contributed by atoms with van der Waals surface area (Å²) in [5.41, 5.74) is 4.59. The van der Waals surface area contributed by atoms with E-state index >= 15 is 0 Å². The Balaban J connectivity index is 2.79. The van der Waals surface area contributed by atoms with Crippen molar-refractivity contribution in [1.82, 2.24) is 0 Å². The zero-order chi connectivity index (χ0) is 16.2. The highest BCUT2D eigenvalue weighted by Crippen LogP contribution is 2.21. The van der Waals surface area contributed by atoms with Crippen LogP contribution in [-0.4, -0.2) is 0 Å². The molecule has 0 aliphatic rings. The zero-order valence-corrected chi connectivity index (χ0v) is 14.4. The average Bonchev–Trinajstić information content (AvgIpc) is 2.55. The molecule has 0 unspecified atom stereocenters. The lowest BCUT2D eigenvalue weighted by Gasteiger charge is -2.11. The van der Waals surface area contributed by atoms with Crippen LogP contribution >= 0.6 is 0 Å². The molecule has 0 atom stereocenters. The third-order valence-corrected chi connectivity index (χ3v) is 4.24. The van der Waals surface area contributed by atoms with E-state index in [1.807, 2.05) is 0 Å². The van der Waals surface area contributed by atoms with E-state index in [4.69, 9.17) is 12.8 Å². The van der Waals surface area contributed by atoms with Gasteiger partial charge in [-0.25, -0.2) is 0 Å². The fraction of sp³-hybridized carbons (Fsp3) is 0.545. The SMILES string of the molecule is C#Cc1cc(CCCCCC)c(C#C)cc1CCCCCC. The van der Waals surface area contributed by atoms with Crippen LogP contribution in [0.4, 0.5) is 0 Å².